The summed E-state index contributed by atoms with van der Waals surface area (Å²) >= 11 is 1.50. The van der Waals surface area contributed by atoms with Gasteiger partial charge in [-0.25, -0.2) is 4.79 Å². The van der Waals surface area contributed by atoms with Crippen molar-refractivity contribution in [2.24, 2.45) is 5.92 Å². The first-order valence-electron chi connectivity index (χ1n) is 8.12. The molecule has 2 N–H and O–H groups in total. The van der Waals surface area contributed by atoms with E-state index in [0.29, 0.717) is 23.2 Å². The Morgan fingerprint density at radius 2 is 2.04 bits per heavy atom. The molecule has 2 aromatic heterocycles. The van der Waals surface area contributed by atoms with Gasteiger partial charge in [-0.2, -0.15) is 11.3 Å². The zero-order valence-corrected chi connectivity index (χ0v) is 15.2. The molecule has 0 fully saturated rings. The smallest absolute Gasteiger partial charge is 0.336 e. The maximum atomic E-state index is 12.2. The fraction of sp³-hybridized carbons (Fsp3) is 0.211. The number of nitrogens with one attached hydrogen (secondary N) is 1. The predicted octanol–water partition coefficient (Wildman–Crippen LogP) is 4.75. The number of nitrogens with zero attached hydrogens (tertiary/aromatic N) is 1. The Kier molecular flexibility index (Phi) is 5.18. The van der Waals surface area contributed by atoms with Crippen molar-refractivity contribution in [2.45, 2.75) is 20.3 Å². The molecule has 3 aromatic rings. The Morgan fingerprint density at radius 3 is 2.69 bits per heavy atom. The molecule has 0 spiro atoms. The first-order valence-corrected chi connectivity index (χ1v) is 9.06. The molecule has 7 heteroatoms. The minimum Gasteiger partial charge on any atom is -0.478 e. The van der Waals surface area contributed by atoms with Crippen LogP contribution in [-0.2, 0) is 4.79 Å². The molecule has 0 aliphatic carbocycles. The number of aromatic nitrogens is 1. The zero-order chi connectivity index (χ0) is 18.7. The minimum absolute atomic E-state index is 0.117. The van der Waals surface area contributed by atoms with Crippen molar-refractivity contribution in [2.75, 3.05) is 5.32 Å². The Labute approximate surface area is 154 Å². The highest BCUT2D eigenvalue weighted by atomic mass is 32.1. The number of amides is 1. The summed E-state index contributed by atoms with van der Waals surface area (Å²) in [6.45, 7) is 3.88. The van der Waals surface area contributed by atoms with E-state index < -0.39 is 5.97 Å². The summed E-state index contributed by atoms with van der Waals surface area (Å²) in [7, 11) is 0. The lowest BCUT2D eigenvalue weighted by Gasteiger charge is -2.09. The molecule has 2 heterocycles. The van der Waals surface area contributed by atoms with Gasteiger partial charge in [-0.3, -0.25) is 10.1 Å². The van der Waals surface area contributed by atoms with Crippen LogP contribution >= 0.6 is 11.3 Å². The van der Waals surface area contributed by atoms with Gasteiger partial charge in [-0.1, -0.05) is 37.2 Å². The largest absolute Gasteiger partial charge is 0.478 e. The van der Waals surface area contributed by atoms with Crippen molar-refractivity contribution < 1.29 is 19.2 Å². The van der Waals surface area contributed by atoms with Crippen LogP contribution in [0.3, 0.4) is 0 Å². The highest BCUT2D eigenvalue weighted by molar-refractivity contribution is 7.08. The second-order valence-electron chi connectivity index (χ2n) is 6.24. The van der Waals surface area contributed by atoms with Gasteiger partial charge in [0.15, 0.2) is 0 Å². The van der Waals surface area contributed by atoms with Gasteiger partial charge >= 0.3 is 5.97 Å². The van der Waals surface area contributed by atoms with Crippen LogP contribution in [0.4, 0.5) is 5.88 Å². The lowest BCUT2D eigenvalue weighted by atomic mass is 9.97. The van der Waals surface area contributed by atoms with E-state index in [2.05, 4.69) is 10.5 Å². The molecule has 0 radical (unpaired) electrons. The van der Waals surface area contributed by atoms with E-state index in [0.717, 1.165) is 5.56 Å². The van der Waals surface area contributed by atoms with Crippen molar-refractivity contribution in [3.63, 3.8) is 0 Å². The molecule has 134 valence electrons. The molecule has 1 aromatic carbocycles. The average molecular weight is 370 g/mol. The molecule has 0 saturated heterocycles. The second-order valence-corrected chi connectivity index (χ2v) is 7.02. The molecule has 0 atom stereocenters. The maximum absolute atomic E-state index is 12.2. The summed E-state index contributed by atoms with van der Waals surface area (Å²) in [6, 6.07) is 8.47. The van der Waals surface area contributed by atoms with Gasteiger partial charge in [0.05, 0.1) is 11.1 Å². The average Bonchev–Trinajstić information content (AvgIpc) is 3.23. The third-order valence-electron chi connectivity index (χ3n) is 3.76. The summed E-state index contributed by atoms with van der Waals surface area (Å²) < 4.78 is 5.39. The van der Waals surface area contributed by atoms with E-state index in [-0.39, 0.29) is 23.3 Å². The number of aromatic carboxylic acids is 1. The number of rotatable bonds is 6. The molecule has 0 aliphatic rings. The molecular formula is C19H18N2O4S. The Hall–Kier alpha value is -2.93. The van der Waals surface area contributed by atoms with Crippen LogP contribution in [0.2, 0.25) is 0 Å². The predicted molar refractivity (Wildman–Crippen MR) is 100 cm³/mol. The Bertz CT molecular complexity index is 929. The molecule has 3 rings (SSSR count). The van der Waals surface area contributed by atoms with E-state index in [1.54, 1.807) is 18.2 Å². The first kappa shape index (κ1) is 17.9. The van der Waals surface area contributed by atoms with Gasteiger partial charge in [-0.15, -0.1) is 0 Å². The van der Waals surface area contributed by atoms with Crippen LogP contribution in [0.25, 0.3) is 22.4 Å². The monoisotopic (exact) mass is 370 g/mol. The molecular weight excluding hydrogens is 352 g/mol. The number of hydrogen-bond donors (Lipinski definition) is 2. The number of hydrogen-bond acceptors (Lipinski definition) is 5. The van der Waals surface area contributed by atoms with E-state index in [1.165, 1.54) is 17.4 Å². The van der Waals surface area contributed by atoms with Crippen LogP contribution in [0.15, 0.2) is 45.6 Å². The molecule has 0 unspecified atom stereocenters. The van der Waals surface area contributed by atoms with Crippen LogP contribution in [0.1, 0.15) is 30.6 Å². The van der Waals surface area contributed by atoms with Crippen molar-refractivity contribution in [1.29, 1.82) is 0 Å². The number of carbonyl (C=O) groups excluding carboxylic acids is 1. The zero-order valence-electron chi connectivity index (χ0n) is 14.4. The summed E-state index contributed by atoms with van der Waals surface area (Å²) in [5.74, 6) is -0.922. The number of anilines is 1. The molecule has 0 bridgehead atoms. The third-order valence-corrected chi connectivity index (χ3v) is 4.44. The second kappa shape index (κ2) is 7.53. The van der Waals surface area contributed by atoms with Gasteiger partial charge in [0.25, 0.3) is 0 Å². The fourth-order valence-corrected chi connectivity index (χ4v) is 3.30. The van der Waals surface area contributed by atoms with E-state index >= 15 is 0 Å². The first-order chi connectivity index (χ1) is 12.5. The number of thiophene rings is 1. The molecule has 1 amide bonds. The van der Waals surface area contributed by atoms with Crippen molar-refractivity contribution in [3.8, 4) is 22.4 Å². The molecule has 0 saturated carbocycles. The van der Waals surface area contributed by atoms with Crippen molar-refractivity contribution in [3.05, 3.63) is 46.7 Å². The van der Waals surface area contributed by atoms with E-state index in [4.69, 9.17) is 4.52 Å². The van der Waals surface area contributed by atoms with E-state index in [1.807, 2.05) is 30.7 Å². The van der Waals surface area contributed by atoms with Crippen LogP contribution in [0.5, 0.6) is 0 Å². The van der Waals surface area contributed by atoms with Crippen LogP contribution in [-0.4, -0.2) is 22.1 Å². The van der Waals surface area contributed by atoms with Gasteiger partial charge in [0.2, 0.25) is 11.8 Å². The maximum Gasteiger partial charge on any atom is 0.336 e. The van der Waals surface area contributed by atoms with Crippen molar-refractivity contribution >= 4 is 29.1 Å². The fourth-order valence-electron chi connectivity index (χ4n) is 2.66. The lowest BCUT2D eigenvalue weighted by Crippen LogP contribution is -2.14. The number of carboxylic acids is 1. The quantitative estimate of drug-likeness (QED) is 0.653. The van der Waals surface area contributed by atoms with Crippen molar-refractivity contribution in [1.82, 2.24) is 5.16 Å². The SMILES string of the molecule is CC(C)CC(=O)Nc1onc(-c2ccsc2)c1-c1ccccc1C(=O)O. The van der Waals surface area contributed by atoms with Gasteiger partial charge in [0, 0.05) is 22.9 Å². The summed E-state index contributed by atoms with van der Waals surface area (Å²) in [5, 5.41) is 20.2. The number of benzene rings is 1. The van der Waals surface area contributed by atoms with E-state index in [9.17, 15) is 14.7 Å². The molecule has 26 heavy (non-hydrogen) atoms. The minimum atomic E-state index is -1.06. The van der Waals surface area contributed by atoms with Gasteiger partial charge < -0.3 is 9.63 Å². The summed E-state index contributed by atoms with van der Waals surface area (Å²) in [6.07, 6.45) is 0.328. The Balaban J connectivity index is 2.13. The van der Waals surface area contributed by atoms with Gasteiger partial charge in [-0.05, 0) is 23.4 Å². The highest BCUT2D eigenvalue weighted by Crippen LogP contribution is 2.40. The molecule has 0 aliphatic heterocycles. The summed E-state index contributed by atoms with van der Waals surface area (Å²) in [4.78, 5) is 23.9. The lowest BCUT2D eigenvalue weighted by molar-refractivity contribution is -0.117. The Morgan fingerprint density at radius 1 is 1.27 bits per heavy atom. The normalized spacial score (nSPS) is 10.9. The highest BCUT2D eigenvalue weighted by Gasteiger charge is 2.25. The van der Waals surface area contributed by atoms with Crippen LogP contribution in [0, 0.1) is 5.92 Å². The standard InChI is InChI=1S/C19H18N2O4S/c1-11(2)9-15(22)20-18-16(13-5-3-4-6-14(13)19(23)24)17(21-25-18)12-7-8-26-10-12/h3-8,10-11H,9H2,1-2H3,(H,20,22)(H,23,24). The topological polar surface area (TPSA) is 92.4 Å². The third kappa shape index (κ3) is 3.67. The van der Waals surface area contributed by atoms with Crippen LogP contribution < -0.4 is 5.32 Å². The van der Waals surface area contributed by atoms with Gasteiger partial charge in [0.1, 0.15) is 5.69 Å². The number of carboxylic acid groups (broad SMARTS) is 1. The molecule has 6 nitrogen and oxygen atoms in total. The number of carbonyl (C=O) groups is 2. The summed E-state index contributed by atoms with van der Waals surface area (Å²) in [5.41, 5.74) is 2.34.